The van der Waals surface area contributed by atoms with Gasteiger partial charge in [-0.15, -0.1) is 0 Å². The van der Waals surface area contributed by atoms with Crippen LogP contribution in [0.25, 0.3) is 0 Å². The average molecular weight is 1410 g/mol. The summed E-state index contributed by atoms with van der Waals surface area (Å²) < 4.78 is 68.5. The summed E-state index contributed by atoms with van der Waals surface area (Å²) in [4.78, 5) is 72.8. The van der Waals surface area contributed by atoms with Gasteiger partial charge in [0.25, 0.3) is 0 Å². The normalized spacial score (nSPS) is 14.3. The van der Waals surface area contributed by atoms with Crippen molar-refractivity contribution in [3.05, 3.63) is 0 Å². The first-order valence-corrected chi connectivity index (χ1v) is 43.0. The van der Waals surface area contributed by atoms with Crippen LogP contribution in [0, 0.1) is 11.8 Å². The lowest BCUT2D eigenvalue weighted by molar-refractivity contribution is -0.161. The van der Waals surface area contributed by atoms with Crippen molar-refractivity contribution in [2.24, 2.45) is 11.8 Å². The van der Waals surface area contributed by atoms with Gasteiger partial charge in [0.1, 0.15) is 19.3 Å². The van der Waals surface area contributed by atoms with Crippen LogP contribution in [0.2, 0.25) is 0 Å². The summed E-state index contributed by atoms with van der Waals surface area (Å²) in [6.07, 6.45) is 56.9. The van der Waals surface area contributed by atoms with E-state index in [9.17, 15) is 43.2 Å². The van der Waals surface area contributed by atoms with Gasteiger partial charge < -0.3 is 33.8 Å². The first-order chi connectivity index (χ1) is 46.4. The maximum Gasteiger partial charge on any atom is 0.472 e. The Morgan fingerprint density at radius 1 is 0.302 bits per heavy atom. The molecule has 0 heterocycles. The van der Waals surface area contributed by atoms with Gasteiger partial charge >= 0.3 is 39.5 Å². The molecule has 0 saturated carbocycles. The predicted molar refractivity (Wildman–Crippen MR) is 391 cm³/mol. The second-order valence-electron chi connectivity index (χ2n) is 28.5. The highest BCUT2D eigenvalue weighted by atomic mass is 31.2. The molecule has 0 radical (unpaired) electrons. The predicted octanol–water partition coefficient (Wildman–Crippen LogP) is 22.7. The second kappa shape index (κ2) is 68.8. The molecule has 0 aliphatic heterocycles. The first kappa shape index (κ1) is 94.1. The van der Waals surface area contributed by atoms with Crippen LogP contribution >= 0.6 is 15.6 Å². The number of aliphatic hydroxyl groups is 1. The van der Waals surface area contributed by atoms with Gasteiger partial charge in [-0.1, -0.05) is 350 Å². The fraction of sp³-hybridized carbons (Fsp3) is 0.948. The van der Waals surface area contributed by atoms with Crippen LogP contribution in [-0.4, -0.2) is 96.7 Å². The summed E-state index contributed by atoms with van der Waals surface area (Å²) in [7, 11) is -9.91. The fourth-order valence-corrected chi connectivity index (χ4v) is 13.4. The highest BCUT2D eigenvalue weighted by molar-refractivity contribution is 7.47. The van der Waals surface area contributed by atoms with Crippen molar-refractivity contribution >= 4 is 39.5 Å². The summed E-state index contributed by atoms with van der Waals surface area (Å²) in [5.74, 6) is -0.549. The Labute approximate surface area is 588 Å². The van der Waals surface area contributed by atoms with E-state index in [4.69, 9.17) is 37.0 Å². The Kier molecular flexibility index (Phi) is 67.4. The molecule has 96 heavy (non-hydrogen) atoms. The number of hydrogen-bond acceptors (Lipinski definition) is 15. The van der Waals surface area contributed by atoms with E-state index < -0.39 is 97.5 Å². The van der Waals surface area contributed by atoms with Gasteiger partial charge in [-0.05, 0) is 37.5 Å². The standard InChI is InChI=1S/C77H150O17P2/c1-7-10-12-14-16-18-19-20-21-22-23-24-25-30-33-36-43-49-55-61-76(81)93-73(66-88-75(80)60-54-48-42-35-32-29-27-26-28-31-34-39-45-51-57-69(4)5)68-92-96(85,86)90-64-71(78)63-89-95(83,84)91-67-72(65-87-74(79)59-53-47-41-17-15-13-11-8-2)94-77(82)62-56-50-44-38-37-40-46-52-58-70(6)9-3/h69-73,78H,7-68H2,1-6H3,(H,83,84)(H,85,86)/t70?,71-,72+,73+/m0/s1. The SMILES string of the molecule is CCCCCCCCCCCCCCCCCCCCCC(=O)O[C@H](COC(=O)CCCCCCCCCCCCCCCCC(C)C)COP(=O)(O)OC[C@@H](O)COP(=O)(O)OC[C@@H](COC(=O)CCCCCCCCCC)OC(=O)CCCCCCCCCCC(C)CC. The van der Waals surface area contributed by atoms with E-state index in [1.165, 1.54) is 212 Å². The number of phosphoric acid groups is 2. The lowest BCUT2D eigenvalue weighted by Crippen LogP contribution is -2.30. The third-order valence-electron chi connectivity index (χ3n) is 18.3. The molecule has 0 amide bonds. The Morgan fingerprint density at radius 2 is 0.531 bits per heavy atom. The largest absolute Gasteiger partial charge is 0.472 e. The van der Waals surface area contributed by atoms with Crippen LogP contribution in [0.15, 0.2) is 0 Å². The van der Waals surface area contributed by atoms with E-state index in [0.29, 0.717) is 25.7 Å². The monoisotopic (exact) mass is 1410 g/mol. The van der Waals surface area contributed by atoms with E-state index in [1.807, 2.05) is 0 Å². The van der Waals surface area contributed by atoms with Gasteiger partial charge in [0, 0.05) is 25.7 Å². The minimum atomic E-state index is -4.96. The van der Waals surface area contributed by atoms with Crippen molar-refractivity contribution in [2.75, 3.05) is 39.6 Å². The molecule has 0 rings (SSSR count). The third kappa shape index (κ3) is 69.2. The molecule has 0 saturated heterocycles. The average Bonchev–Trinajstić information content (AvgIpc) is 1.15. The zero-order valence-corrected chi connectivity index (χ0v) is 64.5. The quantitative estimate of drug-likeness (QED) is 0.0222. The number of hydrogen-bond donors (Lipinski definition) is 3. The van der Waals surface area contributed by atoms with E-state index in [-0.39, 0.29) is 25.7 Å². The molecular formula is C77H150O17P2. The molecule has 0 bridgehead atoms. The summed E-state index contributed by atoms with van der Waals surface area (Å²) in [5, 5.41) is 10.6. The fourth-order valence-electron chi connectivity index (χ4n) is 11.8. The number of phosphoric ester groups is 2. The van der Waals surface area contributed by atoms with Crippen molar-refractivity contribution in [1.29, 1.82) is 0 Å². The van der Waals surface area contributed by atoms with E-state index in [2.05, 4.69) is 41.5 Å². The first-order valence-electron chi connectivity index (χ1n) is 40.0. The molecule has 570 valence electrons. The third-order valence-corrected chi connectivity index (χ3v) is 20.2. The molecule has 0 aromatic heterocycles. The zero-order valence-electron chi connectivity index (χ0n) is 62.7. The molecule has 0 aromatic rings. The topological polar surface area (TPSA) is 237 Å². The molecule has 3 N–H and O–H groups in total. The summed E-state index contributed by atoms with van der Waals surface area (Å²) in [6.45, 7) is 9.60. The minimum Gasteiger partial charge on any atom is -0.462 e. The molecule has 0 aromatic carbocycles. The molecule has 0 spiro atoms. The van der Waals surface area contributed by atoms with E-state index >= 15 is 0 Å². The number of aliphatic hydroxyl groups excluding tert-OH is 1. The maximum atomic E-state index is 13.1. The smallest absolute Gasteiger partial charge is 0.462 e. The van der Waals surface area contributed by atoms with Crippen LogP contribution in [0.1, 0.15) is 401 Å². The van der Waals surface area contributed by atoms with Gasteiger partial charge in [-0.25, -0.2) is 9.13 Å². The molecule has 6 atom stereocenters. The van der Waals surface area contributed by atoms with Crippen LogP contribution in [0.5, 0.6) is 0 Å². The van der Waals surface area contributed by atoms with Crippen LogP contribution < -0.4 is 0 Å². The van der Waals surface area contributed by atoms with Crippen molar-refractivity contribution < 1.29 is 80.2 Å². The van der Waals surface area contributed by atoms with Crippen molar-refractivity contribution in [3.8, 4) is 0 Å². The molecule has 0 fully saturated rings. The highest BCUT2D eigenvalue weighted by Crippen LogP contribution is 2.45. The Morgan fingerprint density at radius 3 is 0.792 bits per heavy atom. The van der Waals surface area contributed by atoms with E-state index in [1.54, 1.807) is 0 Å². The molecule has 3 unspecified atom stereocenters. The molecule has 0 aliphatic carbocycles. The lowest BCUT2D eigenvalue weighted by atomic mass is 9.99. The van der Waals surface area contributed by atoms with Crippen LogP contribution in [0.4, 0.5) is 0 Å². The Balaban J connectivity index is 5.21. The van der Waals surface area contributed by atoms with Crippen molar-refractivity contribution in [1.82, 2.24) is 0 Å². The maximum absolute atomic E-state index is 13.1. The van der Waals surface area contributed by atoms with Crippen molar-refractivity contribution in [3.63, 3.8) is 0 Å². The van der Waals surface area contributed by atoms with Gasteiger partial charge in [0.15, 0.2) is 12.2 Å². The molecule has 0 aliphatic rings. The number of rotatable bonds is 76. The second-order valence-corrected chi connectivity index (χ2v) is 31.4. The van der Waals surface area contributed by atoms with Gasteiger partial charge in [-0.3, -0.25) is 37.3 Å². The summed E-state index contributed by atoms with van der Waals surface area (Å²) in [5.41, 5.74) is 0. The van der Waals surface area contributed by atoms with Crippen molar-refractivity contribution in [2.45, 2.75) is 419 Å². The Bertz CT molecular complexity index is 1860. The Hall–Kier alpha value is -1.94. The molecular weight excluding hydrogens is 1260 g/mol. The summed E-state index contributed by atoms with van der Waals surface area (Å²) >= 11 is 0. The van der Waals surface area contributed by atoms with Crippen LogP contribution in [0.3, 0.4) is 0 Å². The van der Waals surface area contributed by atoms with Crippen LogP contribution in [-0.2, 0) is 65.4 Å². The van der Waals surface area contributed by atoms with Gasteiger partial charge in [0.05, 0.1) is 26.4 Å². The van der Waals surface area contributed by atoms with Gasteiger partial charge in [0.2, 0.25) is 0 Å². The van der Waals surface area contributed by atoms with E-state index in [0.717, 1.165) is 108 Å². The van der Waals surface area contributed by atoms with Gasteiger partial charge in [-0.2, -0.15) is 0 Å². The number of esters is 4. The lowest BCUT2D eigenvalue weighted by Gasteiger charge is -2.21. The number of ether oxygens (including phenoxy) is 4. The molecule has 17 nitrogen and oxygen atoms in total. The highest BCUT2D eigenvalue weighted by Gasteiger charge is 2.30. The minimum absolute atomic E-state index is 0.105. The number of carbonyl (C=O) groups is 4. The number of carbonyl (C=O) groups excluding carboxylic acids is 4. The molecule has 19 heteroatoms. The summed E-state index contributed by atoms with van der Waals surface area (Å²) in [6, 6.07) is 0. The number of unbranched alkanes of at least 4 members (excludes halogenated alkanes) is 45. The zero-order chi connectivity index (χ0) is 70.7.